The summed E-state index contributed by atoms with van der Waals surface area (Å²) in [6, 6.07) is 7.94. The molecule has 1 amide bonds. The van der Waals surface area contributed by atoms with Crippen LogP contribution < -0.4 is 5.32 Å². The van der Waals surface area contributed by atoms with Crippen LogP contribution in [0.5, 0.6) is 0 Å². The number of amides is 1. The van der Waals surface area contributed by atoms with Crippen molar-refractivity contribution >= 4 is 23.0 Å². The van der Waals surface area contributed by atoms with E-state index in [4.69, 9.17) is 0 Å². The van der Waals surface area contributed by atoms with Gasteiger partial charge < -0.3 is 5.32 Å². The second-order valence-corrected chi connectivity index (χ2v) is 5.72. The van der Waals surface area contributed by atoms with Gasteiger partial charge in [-0.25, -0.2) is 0 Å². The minimum absolute atomic E-state index is 0.0509. The Balaban J connectivity index is 1.90. The molecule has 1 aliphatic heterocycles. The molecule has 0 spiro atoms. The van der Waals surface area contributed by atoms with Crippen molar-refractivity contribution < 1.29 is 4.79 Å². The molecule has 118 valence electrons. The van der Waals surface area contributed by atoms with Crippen LogP contribution in [0, 0.1) is 0 Å². The van der Waals surface area contributed by atoms with E-state index in [1.165, 1.54) is 24.8 Å². The first kappa shape index (κ1) is 15.3. The minimum atomic E-state index is -0.0509. The van der Waals surface area contributed by atoms with Crippen molar-refractivity contribution in [3.63, 3.8) is 0 Å². The first-order chi connectivity index (χ1) is 11.3. The van der Waals surface area contributed by atoms with Gasteiger partial charge in [0.25, 0.3) is 0 Å². The van der Waals surface area contributed by atoms with E-state index in [1.807, 2.05) is 18.2 Å². The standard InChI is InChI=1S/C18H20N4O/c1-2-3-4-5-13-6-7-15-17(10-13)22-18(23)11-16(21-15)14-8-9-19-20-12-14/h6-10,12H,2-5,11H2,1H3,(H,22,23). The normalized spacial score (nSPS) is 13.8. The smallest absolute Gasteiger partial charge is 0.230 e. The SMILES string of the molecule is CCCCCc1ccc2c(c1)NC(=O)CC(c1ccnnc1)=N2. The third-order valence-electron chi connectivity index (χ3n) is 3.90. The molecule has 3 rings (SSSR count). The van der Waals surface area contributed by atoms with Crippen LogP contribution in [0.3, 0.4) is 0 Å². The molecule has 0 fully saturated rings. The number of carbonyl (C=O) groups is 1. The molecule has 1 N–H and O–H groups in total. The molecule has 5 heteroatoms. The Morgan fingerprint density at radius 3 is 2.87 bits per heavy atom. The lowest BCUT2D eigenvalue weighted by molar-refractivity contribution is -0.115. The molecule has 23 heavy (non-hydrogen) atoms. The molecular weight excluding hydrogens is 288 g/mol. The van der Waals surface area contributed by atoms with E-state index in [2.05, 4.69) is 33.5 Å². The molecule has 1 aliphatic rings. The van der Waals surface area contributed by atoms with E-state index in [1.54, 1.807) is 12.4 Å². The third kappa shape index (κ3) is 3.80. The summed E-state index contributed by atoms with van der Waals surface area (Å²) in [6.45, 7) is 2.20. The first-order valence-corrected chi connectivity index (χ1v) is 8.03. The zero-order chi connectivity index (χ0) is 16.1. The zero-order valence-corrected chi connectivity index (χ0v) is 13.2. The van der Waals surface area contributed by atoms with E-state index >= 15 is 0 Å². The van der Waals surface area contributed by atoms with Crippen molar-refractivity contribution in [3.8, 4) is 0 Å². The molecule has 0 atom stereocenters. The molecule has 1 aromatic carbocycles. The van der Waals surface area contributed by atoms with Gasteiger partial charge in [-0.15, -0.1) is 0 Å². The number of aliphatic imine (C=N–C) groups is 1. The molecule has 0 radical (unpaired) electrons. The zero-order valence-electron chi connectivity index (χ0n) is 13.2. The number of unbranched alkanes of at least 4 members (excludes halogenated alkanes) is 2. The molecule has 0 saturated heterocycles. The van der Waals surface area contributed by atoms with Crippen molar-refractivity contribution in [3.05, 3.63) is 47.8 Å². The third-order valence-corrected chi connectivity index (χ3v) is 3.90. The highest BCUT2D eigenvalue weighted by Gasteiger charge is 2.17. The molecule has 0 saturated carbocycles. The largest absolute Gasteiger partial charge is 0.324 e. The average Bonchev–Trinajstić information content (AvgIpc) is 2.73. The number of aromatic nitrogens is 2. The van der Waals surface area contributed by atoms with E-state index in [0.29, 0.717) is 0 Å². The lowest BCUT2D eigenvalue weighted by Gasteiger charge is -2.07. The number of hydrogen-bond acceptors (Lipinski definition) is 4. The van der Waals surface area contributed by atoms with Crippen molar-refractivity contribution in [2.24, 2.45) is 4.99 Å². The highest BCUT2D eigenvalue weighted by molar-refractivity contribution is 6.16. The summed E-state index contributed by atoms with van der Waals surface area (Å²) < 4.78 is 0. The fraction of sp³-hybridized carbons (Fsp3) is 0.333. The van der Waals surface area contributed by atoms with Gasteiger partial charge in [0.05, 0.1) is 35.9 Å². The molecule has 0 unspecified atom stereocenters. The van der Waals surface area contributed by atoms with Gasteiger partial charge in [-0.2, -0.15) is 10.2 Å². The van der Waals surface area contributed by atoms with Gasteiger partial charge >= 0.3 is 0 Å². The number of nitrogens with zero attached hydrogens (tertiary/aromatic N) is 3. The summed E-state index contributed by atoms with van der Waals surface area (Å²) in [4.78, 5) is 16.8. The maximum absolute atomic E-state index is 12.2. The van der Waals surface area contributed by atoms with Crippen LogP contribution >= 0.6 is 0 Å². The quantitative estimate of drug-likeness (QED) is 0.857. The van der Waals surface area contributed by atoms with Crippen LogP contribution in [0.25, 0.3) is 0 Å². The molecule has 0 aliphatic carbocycles. The number of carbonyl (C=O) groups excluding carboxylic acids is 1. The fourth-order valence-electron chi connectivity index (χ4n) is 2.67. The van der Waals surface area contributed by atoms with Gasteiger partial charge in [0, 0.05) is 5.56 Å². The summed E-state index contributed by atoms with van der Waals surface area (Å²) in [6.07, 6.45) is 8.11. The van der Waals surface area contributed by atoms with Crippen molar-refractivity contribution in [1.82, 2.24) is 10.2 Å². The van der Waals surface area contributed by atoms with Crippen molar-refractivity contribution in [2.75, 3.05) is 5.32 Å². The van der Waals surface area contributed by atoms with Gasteiger partial charge in [-0.3, -0.25) is 9.79 Å². The van der Waals surface area contributed by atoms with Crippen molar-refractivity contribution in [1.29, 1.82) is 0 Å². The van der Waals surface area contributed by atoms with Crippen molar-refractivity contribution in [2.45, 2.75) is 39.0 Å². The van der Waals surface area contributed by atoms with Crippen LogP contribution in [-0.4, -0.2) is 21.8 Å². The Kier molecular flexibility index (Phi) is 4.76. The second-order valence-electron chi connectivity index (χ2n) is 5.72. The maximum Gasteiger partial charge on any atom is 0.230 e. The number of rotatable bonds is 5. The predicted molar refractivity (Wildman–Crippen MR) is 91.1 cm³/mol. The Morgan fingerprint density at radius 1 is 1.17 bits per heavy atom. The molecular formula is C18H20N4O. The van der Waals surface area contributed by atoms with Gasteiger partial charge in [0.2, 0.25) is 5.91 Å². The van der Waals surface area contributed by atoms with Gasteiger partial charge in [0.15, 0.2) is 0 Å². The number of benzene rings is 1. The summed E-state index contributed by atoms with van der Waals surface area (Å²) in [5, 5.41) is 10.6. The predicted octanol–water partition coefficient (Wildman–Crippen LogP) is 3.67. The van der Waals surface area contributed by atoms with Crippen LogP contribution in [0.2, 0.25) is 0 Å². The second kappa shape index (κ2) is 7.13. The number of nitrogens with one attached hydrogen (secondary N) is 1. The molecule has 0 bridgehead atoms. The van der Waals surface area contributed by atoms with Gasteiger partial charge in [0.1, 0.15) is 0 Å². The number of hydrogen-bond donors (Lipinski definition) is 1. The first-order valence-electron chi connectivity index (χ1n) is 8.03. The highest BCUT2D eigenvalue weighted by atomic mass is 16.1. The summed E-state index contributed by atoms with van der Waals surface area (Å²) in [7, 11) is 0. The molecule has 1 aromatic heterocycles. The van der Waals surface area contributed by atoms with E-state index in [-0.39, 0.29) is 12.3 Å². The lowest BCUT2D eigenvalue weighted by Crippen LogP contribution is -2.15. The molecule has 5 nitrogen and oxygen atoms in total. The average molecular weight is 308 g/mol. The van der Waals surface area contributed by atoms with Crippen LogP contribution in [0.4, 0.5) is 11.4 Å². The topological polar surface area (TPSA) is 67.2 Å². The summed E-state index contributed by atoms with van der Waals surface area (Å²) in [5.74, 6) is -0.0509. The highest BCUT2D eigenvalue weighted by Crippen LogP contribution is 2.30. The Bertz CT molecular complexity index is 725. The van der Waals surface area contributed by atoms with Crippen LogP contribution in [0.15, 0.2) is 41.7 Å². The number of fused-ring (bicyclic) bond motifs is 1. The Hall–Kier alpha value is -2.56. The maximum atomic E-state index is 12.2. The minimum Gasteiger partial charge on any atom is -0.324 e. The van der Waals surface area contributed by atoms with Crippen LogP contribution in [0.1, 0.15) is 43.7 Å². The molecule has 2 aromatic rings. The monoisotopic (exact) mass is 308 g/mol. The summed E-state index contributed by atoms with van der Waals surface area (Å²) >= 11 is 0. The van der Waals surface area contributed by atoms with E-state index in [0.717, 1.165) is 29.1 Å². The molecule has 2 heterocycles. The number of anilines is 1. The number of aryl methyl sites for hydroxylation is 1. The lowest BCUT2D eigenvalue weighted by atomic mass is 10.1. The Labute approximate surface area is 135 Å². The van der Waals surface area contributed by atoms with E-state index < -0.39 is 0 Å². The summed E-state index contributed by atoms with van der Waals surface area (Å²) in [5.41, 5.74) is 4.37. The van der Waals surface area contributed by atoms with Crippen LogP contribution in [-0.2, 0) is 11.2 Å². The fourth-order valence-corrected chi connectivity index (χ4v) is 2.67. The Morgan fingerprint density at radius 2 is 2.09 bits per heavy atom. The van der Waals surface area contributed by atoms with E-state index in [9.17, 15) is 4.79 Å². The van der Waals surface area contributed by atoms with Gasteiger partial charge in [-0.1, -0.05) is 25.8 Å². The van der Waals surface area contributed by atoms with Gasteiger partial charge in [-0.05, 0) is 36.6 Å².